The first-order chi connectivity index (χ1) is 11.5. The number of likely N-dealkylation sites (N-methyl/N-ethyl adjacent to an activating group) is 1. The van der Waals surface area contributed by atoms with E-state index in [9.17, 15) is 13.2 Å². The summed E-state index contributed by atoms with van der Waals surface area (Å²) in [6, 6.07) is 15.5. The number of carbonyl (C=O) groups excluding carboxylic acids is 1. The van der Waals surface area contributed by atoms with Crippen LogP contribution < -0.4 is 5.32 Å². The normalized spacial score (nSPS) is 11.5. The Morgan fingerprint density at radius 2 is 1.71 bits per heavy atom. The molecule has 0 unspecified atom stereocenters. The van der Waals surface area contributed by atoms with Gasteiger partial charge in [-0.3, -0.25) is 4.79 Å². The van der Waals surface area contributed by atoms with E-state index in [1.165, 1.54) is 0 Å². The molecule has 1 N–H and O–H groups in total. The fourth-order valence-electron chi connectivity index (χ4n) is 2.69. The molecule has 0 radical (unpaired) electrons. The lowest BCUT2D eigenvalue weighted by Gasteiger charge is -2.05. The molecule has 0 atom stereocenters. The van der Waals surface area contributed by atoms with Gasteiger partial charge in [0.25, 0.3) is 0 Å². The van der Waals surface area contributed by atoms with Crippen molar-refractivity contribution < 1.29 is 13.2 Å². The van der Waals surface area contributed by atoms with E-state index in [2.05, 4.69) is 5.32 Å². The molecule has 0 bridgehead atoms. The molecule has 6 heteroatoms. The van der Waals surface area contributed by atoms with Gasteiger partial charge in [-0.05, 0) is 25.1 Å². The summed E-state index contributed by atoms with van der Waals surface area (Å²) in [6.45, 7) is 2.46. The smallest absolute Gasteiger partial charge is 0.239 e. The lowest BCUT2D eigenvalue weighted by atomic mass is 10.2. The van der Waals surface area contributed by atoms with Crippen molar-refractivity contribution in [2.24, 2.45) is 0 Å². The fraction of sp³-hybridized carbons (Fsp3) is 0.167. The van der Waals surface area contributed by atoms with Gasteiger partial charge in [0.15, 0.2) is 0 Å². The van der Waals surface area contributed by atoms with Crippen LogP contribution in [0.15, 0.2) is 70.6 Å². The Labute approximate surface area is 140 Å². The molecule has 3 aromatic rings. The second-order valence-electron chi connectivity index (χ2n) is 5.41. The lowest BCUT2D eigenvalue weighted by molar-refractivity contribution is -0.121. The van der Waals surface area contributed by atoms with E-state index in [1.807, 2.05) is 19.1 Å². The van der Waals surface area contributed by atoms with Gasteiger partial charge >= 0.3 is 0 Å². The number of rotatable bonds is 5. The van der Waals surface area contributed by atoms with Crippen LogP contribution in [0, 0.1) is 0 Å². The summed E-state index contributed by atoms with van der Waals surface area (Å²) in [6.07, 6.45) is 1.54. The van der Waals surface area contributed by atoms with Crippen LogP contribution >= 0.6 is 0 Å². The fourth-order valence-corrected chi connectivity index (χ4v) is 4.19. The van der Waals surface area contributed by atoms with Crippen molar-refractivity contribution in [1.82, 2.24) is 9.88 Å². The minimum atomic E-state index is -3.65. The molecular formula is C18H18N2O3S. The van der Waals surface area contributed by atoms with Crippen LogP contribution in [0.1, 0.15) is 6.92 Å². The average Bonchev–Trinajstić information content (AvgIpc) is 2.95. The Kier molecular flexibility index (Phi) is 4.40. The molecule has 0 fully saturated rings. The second-order valence-corrected chi connectivity index (χ2v) is 7.33. The predicted molar refractivity (Wildman–Crippen MR) is 92.5 cm³/mol. The first kappa shape index (κ1) is 16.3. The Balaban J connectivity index is 2.14. The summed E-state index contributed by atoms with van der Waals surface area (Å²) in [5.41, 5.74) is 0.721. The summed E-state index contributed by atoms with van der Waals surface area (Å²) in [7, 11) is -3.65. The molecule has 1 heterocycles. The highest BCUT2D eigenvalue weighted by Crippen LogP contribution is 2.30. The van der Waals surface area contributed by atoms with Crippen LogP contribution in [0.25, 0.3) is 10.9 Å². The molecule has 0 spiro atoms. The number of amides is 1. The SMILES string of the molecule is CCNC(=O)Cn1cc(S(=O)(=O)c2ccccc2)c2ccccc21. The monoisotopic (exact) mass is 342 g/mol. The molecule has 0 aliphatic heterocycles. The van der Waals surface area contributed by atoms with Crippen LogP contribution in [0.3, 0.4) is 0 Å². The zero-order valence-corrected chi connectivity index (χ0v) is 14.1. The van der Waals surface area contributed by atoms with Crippen molar-refractivity contribution in [3.8, 4) is 0 Å². The van der Waals surface area contributed by atoms with Crippen molar-refractivity contribution in [2.45, 2.75) is 23.3 Å². The molecule has 1 aromatic heterocycles. The summed E-state index contributed by atoms with van der Waals surface area (Å²) in [4.78, 5) is 12.4. The van der Waals surface area contributed by atoms with Crippen LogP contribution in [0.2, 0.25) is 0 Å². The predicted octanol–water partition coefficient (Wildman–Crippen LogP) is 2.61. The van der Waals surface area contributed by atoms with Gasteiger partial charge in [-0.2, -0.15) is 0 Å². The molecule has 1 amide bonds. The molecule has 0 saturated carbocycles. The van der Waals surface area contributed by atoms with Crippen molar-refractivity contribution in [3.05, 3.63) is 60.8 Å². The number of nitrogens with one attached hydrogen (secondary N) is 1. The third kappa shape index (κ3) is 2.92. The van der Waals surface area contributed by atoms with E-state index in [0.29, 0.717) is 11.9 Å². The van der Waals surface area contributed by atoms with Gasteiger partial charge in [-0.1, -0.05) is 36.4 Å². The van der Waals surface area contributed by atoms with E-state index in [-0.39, 0.29) is 22.2 Å². The van der Waals surface area contributed by atoms with Crippen LogP contribution in [-0.2, 0) is 21.2 Å². The first-order valence-electron chi connectivity index (χ1n) is 7.68. The molecule has 124 valence electrons. The Bertz CT molecular complexity index is 976. The second kappa shape index (κ2) is 6.49. The molecule has 2 aromatic carbocycles. The zero-order chi connectivity index (χ0) is 17.2. The minimum absolute atomic E-state index is 0.0820. The number of para-hydroxylation sites is 1. The highest BCUT2D eigenvalue weighted by atomic mass is 32.2. The maximum absolute atomic E-state index is 13.0. The number of hydrogen-bond acceptors (Lipinski definition) is 3. The number of carbonyl (C=O) groups is 1. The summed E-state index contributed by atoms with van der Waals surface area (Å²) in [5.74, 6) is -0.151. The number of aromatic nitrogens is 1. The van der Waals surface area contributed by atoms with Crippen molar-refractivity contribution in [3.63, 3.8) is 0 Å². The number of fused-ring (bicyclic) bond motifs is 1. The minimum Gasteiger partial charge on any atom is -0.355 e. The van der Waals surface area contributed by atoms with Gasteiger partial charge in [0.05, 0.1) is 9.79 Å². The quantitative estimate of drug-likeness (QED) is 0.775. The zero-order valence-electron chi connectivity index (χ0n) is 13.3. The molecule has 0 aliphatic rings. The molecule has 24 heavy (non-hydrogen) atoms. The largest absolute Gasteiger partial charge is 0.355 e. The Hall–Kier alpha value is -2.60. The van der Waals surface area contributed by atoms with Gasteiger partial charge < -0.3 is 9.88 Å². The van der Waals surface area contributed by atoms with E-state index >= 15 is 0 Å². The summed E-state index contributed by atoms with van der Waals surface area (Å²) < 4.78 is 27.6. The molecule has 5 nitrogen and oxygen atoms in total. The molecular weight excluding hydrogens is 324 g/mol. The highest BCUT2D eigenvalue weighted by molar-refractivity contribution is 7.91. The Morgan fingerprint density at radius 1 is 1.04 bits per heavy atom. The van der Waals surface area contributed by atoms with Crippen molar-refractivity contribution in [2.75, 3.05) is 6.54 Å². The number of benzene rings is 2. The van der Waals surface area contributed by atoms with Crippen LogP contribution in [-0.4, -0.2) is 25.4 Å². The summed E-state index contributed by atoms with van der Waals surface area (Å²) in [5, 5.41) is 3.35. The third-order valence-corrected chi connectivity index (χ3v) is 5.58. The van der Waals surface area contributed by atoms with E-state index in [0.717, 1.165) is 5.52 Å². The molecule has 0 aliphatic carbocycles. The average molecular weight is 342 g/mol. The topological polar surface area (TPSA) is 68.2 Å². The molecule has 3 rings (SSSR count). The first-order valence-corrected chi connectivity index (χ1v) is 9.17. The highest BCUT2D eigenvalue weighted by Gasteiger charge is 2.23. The van der Waals surface area contributed by atoms with E-state index < -0.39 is 9.84 Å². The van der Waals surface area contributed by atoms with Gasteiger partial charge in [0, 0.05) is 23.6 Å². The van der Waals surface area contributed by atoms with Gasteiger partial charge in [0.2, 0.25) is 15.7 Å². The van der Waals surface area contributed by atoms with Gasteiger partial charge in [-0.15, -0.1) is 0 Å². The maximum atomic E-state index is 13.0. The van der Waals surface area contributed by atoms with Gasteiger partial charge in [-0.25, -0.2) is 8.42 Å². The maximum Gasteiger partial charge on any atom is 0.239 e. The van der Waals surface area contributed by atoms with E-state index in [1.54, 1.807) is 53.2 Å². The standard InChI is InChI=1S/C18H18N2O3S/c1-2-19-18(21)13-20-12-17(15-10-6-7-11-16(15)20)24(22,23)14-8-4-3-5-9-14/h3-12H,2,13H2,1H3,(H,19,21). The lowest BCUT2D eigenvalue weighted by Crippen LogP contribution is -2.26. The van der Waals surface area contributed by atoms with Crippen molar-refractivity contribution >= 4 is 26.6 Å². The third-order valence-electron chi connectivity index (χ3n) is 3.78. The van der Waals surface area contributed by atoms with Crippen LogP contribution in [0.4, 0.5) is 0 Å². The van der Waals surface area contributed by atoms with E-state index in [4.69, 9.17) is 0 Å². The number of nitrogens with zero attached hydrogens (tertiary/aromatic N) is 1. The number of hydrogen-bond donors (Lipinski definition) is 1. The Morgan fingerprint density at radius 3 is 2.42 bits per heavy atom. The van der Waals surface area contributed by atoms with Crippen molar-refractivity contribution in [1.29, 1.82) is 0 Å². The summed E-state index contributed by atoms with van der Waals surface area (Å²) >= 11 is 0. The molecule has 0 saturated heterocycles. The van der Waals surface area contributed by atoms with Gasteiger partial charge in [0.1, 0.15) is 6.54 Å². The van der Waals surface area contributed by atoms with Crippen LogP contribution in [0.5, 0.6) is 0 Å². The number of sulfone groups is 1.